The summed E-state index contributed by atoms with van der Waals surface area (Å²) in [7, 11) is 3.10. The van der Waals surface area contributed by atoms with Crippen molar-refractivity contribution in [1.29, 1.82) is 0 Å². The van der Waals surface area contributed by atoms with Gasteiger partial charge in [-0.3, -0.25) is 9.59 Å². The molecule has 0 bridgehead atoms. The Balaban J connectivity index is 0. The fourth-order valence-electron chi connectivity index (χ4n) is 1.16. The number of nitrogens with zero attached hydrogens (tertiary/aromatic N) is 1. The predicted molar refractivity (Wildman–Crippen MR) is 86.4 cm³/mol. The Kier molecular flexibility index (Phi) is 11.1. The molecule has 0 atom stereocenters. The smallest absolute Gasteiger partial charge is 0.308 e. The second-order valence-electron chi connectivity index (χ2n) is 6.59. The Labute approximate surface area is 135 Å². The van der Waals surface area contributed by atoms with Crippen LogP contribution < -0.4 is 0 Å². The van der Waals surface area contributed by atoms with E-state index >= 15 is 0 Å². The van der Waals surface area contributed by atoms with Crippen LogP contribution in [0.4, 0.5) is 0 Å². The highest BCUT2D eigenvalue weighted by atomic mass is 16.5. The van der Waals surface area contributed by atoms with Crippen LogP contribution in [0.1, 0.15) is 48.5 Å². The number of hydrogen-bond acceptors (Lipinski definition) is 5. The minimum Gasteiger partial charge on any atom is -0.469 e. The number of carbonyl (C=O) groups is 2. The number of carbonyl (C=O) groups excluding carboxylic acids is 2. The van der Waals surface area contributed by atoms with Crippen LogP contribution in [0.25, 0.3) is 0 Å². The highest BCUT2D eigenvalue weighted by molar-refractivity contribution is 5.71. The third-order valence-electron chi connectivity index (χ3n) is 2.89. The molecule has 0 unspecified atom stereocenters. The Morgan fingerprint density at radius 2 is 1.73 bits per heavy atom. The standard InChI is InChI=1S/C6H11NO2.C5H10O2.C5H12O/c1-6(2)7(5-8)3-4-9-6;1-4(2)5(6)7-3;1-5(2,3)6-4/h5H,3-4H2,1-2H3;4H,1-3H3;1-4H3. The van der Waals surface area contributed by atoms with Crippen molar-refractivity contribution in [2.75, 3.05) is 27.4 Å². The van der Waals surface area contributed by atoms with E-state index in [1.807, 2.05) is 34.6 Å². The number of rotatable bonds is 2. The summed E-state index contributed by atoms with van der Waals surface area (Å²) < 4.78 is 14.5. The molecule has 0 N–H and O–H groups in total. The molecule has 1 heterocycles. The van der Waals surface area contributed by atoms with Gasteiger partial charge in [0.15, 0.2) is 0 Å². The third-order valence-corrected chi connectivity index (χ3v) is 2.89. The summed E-state index contributed by atoms with van der Waals surface area (Å²) in [6, 6.07) is 0. The van der Waals surface area contributed by atoms with Crippen LogP contribution in [0.2, 0.25) is 0 Å². The lowest BCUT2D eigenvalue weighted by molar-refractivity contribution is -0.144. The van der Waals surface area contributed by atoms with Gasteiger partial charge in [0, 0.05) is 13.7 Å². The van der Waals surface area contributed by atoms with Crippen LogP contribution >= 0.6 is 0 Å². The largest absolute Gasteiger partial charge is 0.469 e. The maximum absolute atomic E-state index is 10.3. The molecule has 1 fully saturated rings. The van der Waals surface area contributed by atoms with Gasteiger partial charge in [-0.2, -0.15) is 0 Å². The van der Waals surface area contributed by atoms with E-state index in [0.717, 1.165) is 13.0 Å². The molecule has 1 aliphatic heterocycles. The van der Waals surface area contributed by atoms with Crippen LogP contribution in [-0.4, -0.2) is 56.0 Å². The molecule has 22 heavy (non-hydrogen) atoms. The van der Waals surface area contributed by atoms with E-state index in [1.165, 1.54) is 7.11 Å². The van der Waals surface area contributed by atoms with Crippen LogP contribution in [0.15, 0.2) is 0 Å². The molecule has 0 aromatic rings. The second kappa shape index (κ2) is 10.6. The molecule has 1 aliphatic rings. The van der Waals surface area contributed by atoms with Gasteiger partial charge in [0.25, 0.3) is 0 Å². The first kappa shape index (κ1) is 23.1. The third kappa shape index (κ3) is 11.5. The minimum atomic E-state index is -0.373. The number of methoxy groups -OCH3 is 2. The second-order valence-corrected chi connectivity index (χ2v) is 6.59. The number of esters is 1. The lowest BCUT2D eigenvalue weighted by Crippen LogP contribution is -2.37. The summed E-state index contributed by atoms with van der Waals surface area (Å²) in [4.78, 5) is 22.2. The van der Waals surface area contributed by atoms with E-state index in [0.29, 0.717) is 6.61 Å². The molecule has 0 radical (unpaired) electrons. The highest BCUT2D eigenvalue weighted by Gasteiger charge is 2.31. The Bertz CT molecular complexity index is 321. The summed E-state index contributed by atoms with van der Waals surface area (Å²) in [6.45, 7) is 14.8. The van der Waals surface area contributed by atoms with Gasteiger partial charge in [-0.1, -0.05) is 13.8 Å². The summed E-state index contributed by atoms with van der Waals surface area (Å²) in [5.74, 6) is -0.148. The van der Waals surface area contributed by atoms with Crippen molar-refractivity contribution in [3.63, 3.8) is 0 Å². The highest BCUT2D eigenvalue weighted by Crippen LogP contribution is 2.19. The van der Waals surface area contributed by atoms with E-state index in [1.54, 1.807) is 25.9 Å². The van der Waals surface area contributed by atoms with Gasteiger partial charge < -0.3 is 19.1 Å². The fraction of sp³-hybridized carbons (Fsp3) is 0.875. The SMILES string of the molecule is CC1(C)OCCN1C=O.COC(=O)C(C)C.COC(C)(C)C. The molecule has 132 valence electrons. The summed E-state index contributed by atoms with van der Waals surface area (Å²) in [5, 5.41) is 0. The molecular weight excluding hydrogens is 286 g/mol. The zero-order valence-electron chi connectivity index (χ0n) is 15.6. The topological polar surface area (TPSA) is 65.1 Å². The normalized spacial score (nSPS) is 16.2. The monoisotopic (exact) mass is 319 g/mol. The summed E-state index contributed by atoms with van der Waals surface area (Å²) in [6.07, 6.45) is 0.826. The zero-order chi connectivity index (χ0) is 18.0. The zero-order valence-corrected chi connectivity index (χ0v) is 15.6. The molecule has 0 spiro atoms. The van der Waals surface area contributed by atoms with Crippen LogP contribution in [-0.2, 0) is 23.8 Å². The fourth-order valence-corrected chi connectivity index (χ4v) is 1.16. The van der Waals surface area contributed by atoms with Crippen molar-refractivity contribution in [3.8, 4) is 0 Å². The molecule has 0 aromatic carbocycles. The molecule has 6 heteroatoms. The number of ether oxygens (including phenoxy) is 3. The van der Waals surface area contributed by atoms with Crippen molar-refractivity contribution in [2.24, 2.45) is 5.92 Å². The Hall–Kier alpha value is -1.14. The first-order valence-electron chi connectivity index (χ1n) is 7.40. The van der Waals surface area contributed by atoms with Gasteiger partial charge in [0.1, 0.15) is 5.72 Å². The van der Waals surface area contributed by atoms with Gasteiger partial charge in [-0.05, 0) is 34.6 Å². The van der Waals surface area contributed by atoms with Crippen LogP contribution in [0.5, 0.6) is 0 Å². The van der Waals surface area contributed by atoms with Gasteiger partial charge in [0.2, 0.25) is 6.41 Å². The number of amides is 1. The van der Waals surface area contributed by atoms with E-state index in [4.69, 9.17) is 9.47 Å². The molecule has 0 saturated carbocycles. The van der Waals surface area contributed by atoms with E-state index in [9.17, 15) is 9.59 Å². The molecule has 0 aromatic heterocycles. The van der Waals surface area contributed by atoms with Crippen LogP contribution in [0, 0.1) is 5.92 Å². The van der Waals surface area contributed by atoms with E-state index in [-0.39, 0.29) is 23.2 Å². The Morgan fingerprint density at radius 3 is 1.82 bits per heavy atom. The molecular formula is C16H33NO5. The van der Waals surface area contributed by atoms with Crippen molar-refractivity contribution in [1.82, 2.24) is 4.90 Å². The lowest BCUT2D eigenvalue weighted by Gasteiger charge is -2.25. The summed E-state index contributed by atoms with van der Waals surface area (Å²) in [5.41, 5.74) is -0.332. The van der Waals surface area contributed by atoms with E-state index in [2.05, 4.69) is 4.74 Å². The van der Waals surface area contributed by atoms with Crippen molar-refractivity contribution >= 4 is 12.4 Å². The molecule has 1 rings (SSSR count). The molecule has 0 aliphatic carbocycles. The maximum atomic E-state index is 10.3. The minimum absolute atomic E-state index is 0.00463. The van der Waals surface area contributed by atoms with Gasteiger partial charge in [-0.25, -0.2) is 0 Å². The van der Waals surface area contributed by atoms with Crippen molar-refractivity contribution in [2.45, 2.75) is 59.8 Å². The maximum Gasteiger partial charge on any atom is 0.308 e. The first-order chi connectivity index (χ1) is 9.91. The average molecular weight is 319 g/mol. The lowest BCUT2D eigenvalue weighted by atomic mass is 10.2. The van der Waals surface area contributed by atoms with Gasteiger partial charge >= 0.3 is 5.97 Å². The van der Waals surface area contributed by atoms with Crippen molar-refractivity contribution in [3.05, 3.63) is 0 Å². The number of hydrogen-bond donors (Lipinski definition) is 0. The average Bonchev–Trinajstić information content (AvgIpc) is 2.77. The van der Waals surface area contributed by atoms with Gasteiger partial charge in [-0.15, -0.1) is 0 Å². The van der Waals surface area contributed by atoms with E-state index < -0.39 is 0 Å². The quantitative estimate of drug-likeness (QED) is 0.578. The first-order valence-corrected chi connectivity index (χ1v) is 7.40. The molecule has 1 saturated heterocycles. The Morgan fingerprint density at radius 1 is 1.27 bits per heavy atom. The van der Waals surface area contributed by atoms with Gasteiger partial charge in [0.05, 0.1) is 25.2 Å². The summed E-state index contributed by atoms with van der Waals surface area (Å²) >= 11 is 0. The van der Waals surface area contributed by atoms with Crippen LogP contribution in [0.3, 0.4) is 0 Å². The predicted octanol–water partition coefficient (Wildman–Crippen LogP) is 2.46. The molecule has 1 amide bonds. The molecule has 6 nitrogen and oxygen atoms in total. The van der Waals surface area contributed by atoms with Crippen molar-refractivity contribution < 1.29 is 23.8 Å².